The Labute approximate surface area is 186 Å². The maximum atomic E-state index is 10.4. The first-order chi connectivity index (χ1) is 11.6. The van der Waals surface area contributed by atoms with Crippen molar-refractivity contribution in [2.24, 2.45) is 0 Å². The van der Waals surface area contributed by atoms with Crippen LogP contribution in [0.5, 0.6) is 11.5 Å². The summed E-state index contributed by atoms with van der Waals surface area (Å²) in [6.45, 7) is 0. The number of halogens is 9. The van der Waals surface area contributed by atoms with Crippen molar-refractivity contribution in [3.63, 3.8) is 0 Å². The van der Waals surface area contributed by atoms with Gasteiger partial charge in [0.2, 0.25) is 0 Å². The molecule has 0 unspecified atom stereocenters. The van der Waals surface area contributed by atoms with Gasteiger partial charge in [-0.05, 0) is 0 Å². The summed E-state index contributed by atoms with van der Waals surface area (Å²) in [6, 6.07) is 0. The molecule has 0 aliphatic heterocycles. The van der Waals surface area contributed by atoms with Gasteiger partial charge in [-0.3, -0.25) is 0 Å². The second-order valence-electron chi connectivity index (χ2n) is 4.77. The zero-order chi connectivity index (χ0) is 18.8. The summed E-state index contributed by atoms with van der Waals surface area (Å²) in [7, 11) is 0. The van der Waals surface area contributed by atoms with E-state index in [-0.39, 0.29) is 67.5 Å². The lowest BCUT2D eigenvalue weighted by Gasteiger charge is -2.18. The summed E-state index contributed by atoms with van der Waals surface area (Å²) >= 11 is 55.3. The summed E-state index contributed by atoms with van der Waals surface area (Å²) < 4.78 is 4.66. The Morgan fingerprint density at radius 3 is 1.48 bits per heavy atom. The zero-order valence-electron chi connectivity index (χ0n) is 11.3. The monoisotopic (exact) mass is 516 g/mol. The van der Waals surface area contributed by atoms with Crippen LogP contribution in [0.25, 0.3) is 21.5 Å². The molecule has 25 heavy (non-hydrogen) atoms. The van der Waals surface area contributed by atoms with E-state index in [2.05, 4.69) is 4.29 Å². The maximum Gasteiger partial charge on any atom is 0.185 e. The first-order valence-electron chi connectivity index (χ1n) is 6.09. The van der Waals surface area contributed by atoms with E-state index in [1.54, 1.807) is 0 Å². The van der Waals surface area contributed by atoms with Crippen molar-refractivity contribution in [3.05, 3.63) is 40.2 Å². The number of hydrogen-bond acceptors (Lipinski definition) is 2. The maximum absolute atomic E-state index is 10.4. The van der Waals surface area contributed by atoms with Crippen molar-refractivity contribution in [2.45, 2.75) is 0 Å². The highest BCUT2D eigenvalue weighted by Crippen LogP contribution is 2.56. The van der Waals surface area contributed by atoms with E-state index in [9.17, 15) is 5.11 Å². The third-order valence-corrected chi connectivity index (χ3v) is 6.96. The summed E-state index contributed by atoms with van der Waals surface area (Å²) in [5, 5.41) is 10.4. The van der Waals surface area contributed by atoms with Crippen molar-refractivity contribution in [1.29, 1.82) is 0 Å². The summed E-state index contributed by atoms with van der Waals surface area (Å²) in [5.74, 6) is -0.527. The van der Waals surface area contributed by atoms with Gasteiger partial charge in [-0.1, -0.05) is 92.8 Å². The van der Waals surface area contributed by atoms with Gasteiger partial charge in [0.15, 0.2) is 5.75 Å². The van der Waals surface area contributed by atoms with Crippen LogP contribution in [0.2, 0.25) is 40.2 Å². The number of fused-ring (bicyclic) bond motifs is 2. The van der Waals surface area contributed by atoms with Crippen LogP contribution in [0, 0.1) is 0 Å². The Morgan fingerprint density at radius 1 is 0.480 bits per heavy atom. The van der Waals surface area contributed by atoms with Gasteiger partial charge in [0.05, 0.1) is 30.1 Å². The number of phenols is 1. The Bertz CT molecular complexity index is 1080. The van der Waals surface area contributed by atoms with Crippen LogP contribution in [0.1, 0.15) is 0 Å². The topological polar surface area (TPSA) is 29.5 Å². The van der Waals surface area contributed by atoms with Gasteiger partial charge in [-0.15, -0.1) is 0 Å². The minimum atomic E-state index is -0.416. The number of rotatable bonds is 1. The number of phenolic OH excluding ortho intramolecular Hbond substituents is 1. The predicted molar refractivity (Wildman–Crippen MR) is 110 cm³/mol. The first-order valence-corrected chi connectivity index (χ1v) is 9.43. The van der Waals surface area contributed by atoms with Gasteiger partial charge in [0, 0.05) is 21.5 Å². The number of hydrogen-bond donors (Lipinski definition) is 1. The second kappa shape index (κ2) is 7.09. The largest absolute Gasteiger partial charge is 0.506 e. The van der Waals surface area contributed by atoms with E-state index in [0.717, 1.165) is 0 Å². The molecule has 1 N–H and O–H groups in total. The van der Waals surface area contributed by atoms with Crippen LogP contribution >= 0.6 is 105 Å². The minimum Gasteiger partial charge on any atom is -0.506 e. The molecule has 0 spiro atoms. The Balaban J connectivity index is 2.79. The molecule has 0 aromatic heterocycles. The molecule has 0 radical (unpaired) electrons. The van der Waals surface area contributed by atoms with Gasteiger partial charge >= 0.3 is 0 Å². The average molecular weight is 520 g/mol. The molecular weight excluding hydrogens is 519 g/mol. The SMILES string of the molecule is Oc1c(Cl)c(Cl)c(Cl)c2c(Cl)c3c(Cl)c(OCl)c(Cl)c(Cl)c3c(Cl)c12. The molecule has 0 aliphatic carbocycles. The Morgan fingerprint density at radius 2 is 0.920 bits per heavy atom. The molecule has 3 aromatic carbocycles. The number of aromatic hydroxyl groups is 1. The molecule has 3 aromatic rings. The van der Waals surface area contributed by atoms with Crippen molar-refractivity contribution in [3.8, 4) is 11.5 Å². The summed E-state index contributed by atoms with van der Waals surface area (Å²) in [5.41, 5.74) is 0. The quantitative estimate of drug-likeness (QED) is 0.197. The zero-order valence-corrected chi connectivity index (χ0v) is 18.1. The molecular formula is C14HCl9O2. The Kier molecular flexibility index (Phi) is 5.71. The average Bonchev–Trinajstić information content (AvgIpc) is 2.57. The van der Waals surface area contributed by atoms with Crippen molar-refractivity contribution < 1.29 is 9.40 Å². The fourth-order valence-electron chi connectivity index (χ4n) is 2.44. The van der Waals surface area contributed by atoms with Gasteiger partial charge in [0.25, 0.3) is 0 Å². The van der Waals surface area contributed by atoms with Crippen molar-refractivity contribution in [1.82, 2.24) is 0 Å². The molecule has 0 saturated heterocycles. The van der Waals surface area contributed by atoms with Gasteiger partial charge < -0.3 is 9.40 Å². The van der Waals surface area contributed by atoms with Crippen LogP contribution in [-0.2, 0) is 0 Å². The molecule has 132 valence electrons. The van der Waals surface area contributed by atoms with E-state index in [1.165, 1.54) is 0 Å². The predicted octanol–water partition coefficient (Wildman–Crippen LogP) is 9.46. The standard InChI is InChI=1S/C14HCl9O2/c15-5-2-1(8(18)12(22)14(25-23)9(2)19)6(16)4-3(5)7(17)10(20)11(21)13(4)24/h24H. The minimum absolute atomic E-state index is 0.00630. The van der Waals surface area contributed by atoms with E-state index >= 15 is 0 Å². The molecule has 0 bridgehead atoms. The molecule has 2 nitrogen and oxygen atoms in total. The third kappa shape index (κ3) is 2.77. The normalized spacial score (nSPS) is 11.6. The molecule has 3 rings (SSSR count). The van der Waals surface area contributed by atoms with E-state index in [1.807, 2.05) is 0 Å². The second-order valence-corrected chi connectivity index (χ2v) is 7.94. The molecule has 0 amide bonds. The van der Waals surface area contributed by atoms with Gasteiger partial charge in [0.1, 0.15) is 27.7 Å². The van der Waals surface area contributed by atoms with E-state index < -0.39 is 5.75 Å². The molecule has 0 heterocycles. The molecule has 0 aliphatic rings. The van der Waals surface area contributed by atoms with Gasteiger partial charge in [-0.2, -0.15) is 0 Å². The highest BCUT2D eigenvalue weighted by Gasteiger charge is 2.28. The van der Waals surface area contributed by atoms with Crippen LogP contribution < -0.4 is 4.29 Å². The highest BCUT2D eigenvalue weighted by atomic mass is 35.5. The van der Waals surface area contributed by atoms with E-state index in [0.29, 0.717) is 0 Å². The first kappa shape index (κ1) is 20.1. The fraction of sp³-hybridized carbons (Fsp3) is 0. The summed E-state index contributed by atoms with van der Waals surface area (Å²) in [4.78, 5) is 0. The Hall–Kier alpha value is 0.390. The van der Waals surface area contributed by atoms with Crippen LogP contribution in [0.15, 0.2) is 0 Å². The molecule has 0 fully saturated rings. The van der Waals surface area contributed by atoms with Crippen molar-refractivity contribution >= 4 is 126 Å². The lowest BCUT2D eigenvalue weighted by Crippen LogP contribution is -1.91. The molecule has 11 heteroatoms. The fourth-order valence-corrected chi connectivity index (χ4v) is 5.14. The highest BCUT2D eigenvalue weighted by molar-refractivity contribution is 6.60. The van der Waals surface area contributed by atoms with Crippen LogP contribution in [0.4, 0.5) is 0 Å². The third-order valence-electron chi connectivity index (χ3n) is 3.54. The van der Waals surface area contributed by atoms with Crippen LogP contribution in [-0.4, -0.2) is 5.11 Å². The smallest absolute Gasteiger partial charge is 0.185 e. The van der Waals surface area contributed by atoms with E-state index in [4.69, 9.17) is 105 Å². The lowest BCUT2D eigenvalue weighted by atomic mass is 10.0. The van der Waals surface area contributed by atoms with Crippen molar-refractivity contribution in [2.75, 3.05) is 0 Å². The lowest BCUT2D eigenvalue weighted by molar-refractivity contribution is 0.482. The summed E-state index contributed by atoms with van der Waals surface area (Å²) in [6.07, 6.45) is 0. The molecule has 0 atom stereocenters. The van der Waals surface area contributed by atoms with Crippen LogP contribution in [0.3, 0.4) is 0 Å². The van der Waals surface area contributed by atoms with Gasteiger partial charge in [-0.25, -0.2) is 0 Å². The number of benzene rings is 3. The molecule has 0 saturated carbocycles.